The van der Waals surface area contributed by atoms with E-state index in [0.29, 0.717) is 17.8 Å². The summed E-state index contributed by atoms with van der Waals surface area (Å²) in [6, 6.07) is 17.0. The van der Waals surface area contributed by atoms with Crippen LogP contribution in [0, 0.1) is 0 Å². The molecule has 0 fully saturated rings. The van der Waals surface area contributed by atoms with Crippen LogP contribution in [-0.4, -0.2) is 47.0 Å². The number of unbranched alkanes of at least 4 members (excludes halogenated alkanes) is 3. The lowest BCUT2D eigenvalue weighted by Gasteiger charge is -2.24. The van der Waals surface area contributed by atoms with Gasteiger partial charge in [-0.05, 0) is 61.8 Å². The number of phenolic OH excluding ortho intramolecular Hbond substituents is 1. The largest absolute Gasteiger partial charge is 0.507 e. The highest BCUT2D eigenvalue weighted by atomic mass is 79.9. The first-order valence-electron chi connectivity index (χ1n) is 11.9. The number of phenols is 1. The van der Waals surface area contributed by atoms with Crippen molar-refractivity contribution in [2.45, 2.75) is 45.7 Å². The summed E-state index contributed by atoms with van der Waals surface area (Å²) in [6.45, 7) is 5.84. The summed E-state index contributed by atoms with van der Waals surface area (Å²) < 4.78 is 2.36. The summed E-state index contributed by atoms with van der Waals surface area (Å²) in [5.41, 5.74) is 3.72. The number of hydrogen-bond donors (Lipinski definition) is 1. The topological polar surface area (TPSA) is 61.6 Å². The van der Waals surface area contributed by atoms with Crippen LogP contribution in [0.15, 0.2) is 63.9 Å². The van der Waals surface area contributed by atoms with E-state index >= 15 is 0 Å². The van der Waals surface area contributed by atoms with E-state index in [0.717, 1.165) is 49.8 Å². The third-order valence-corrected chi connectivity index (χ3v) is 6.50. The van der Waals surface area contributed by atoms with E-state index in [-0.39, 0.29) is 11.3 Å². The zero-order chi connectivity index (χ0) is 24.5. The number of benzene rings is 2. The van der Waals surface area contributed by atoms with Crippen molar-refractivity contribution in [3.8, 4) is 17.0 Å². The summed E-state index contributed by atoms with van der Waals surface area (Å²) >= 11 is 3.42. The average Bonchev–Trinajstić information content (AvgIpc) is 2.83. The average molecular weight is 528 g/mol. The van der Waals surface area contributed by atoms with Crippen LogP contribution < -0.4 is 10.5 Å². The first kappa shape index (κ1) is 26.0. The Morgan fingerprint density at radius 1 is 1.00 bits per heavy atom. The lowest BCUT2D eigenvalue weighted by atomic mass is 10.1. The molecule has 2 aromatic carbocycles. The van der Waals surface area contributed by atoms with Gasteiger partial charge in [-0.3, -0.25) is 9.69 Å². The summed E-state index contributed by atoms with van der Waals surface area (Å²) in [7, 11) is 4.18. The Morgan fingerprint density at radius 3 is 2.53 bits per heavy atom. The van der Waals surface area contributed by atoms with Gasteiger partial charge in [0.1, 0.15) is 5.75 Å². The van der Waals surface area contributed by atoms with E-state index in [1.54, 1.807) is 18.2 Å². The number of para-hydroxylation sites is 1. The molecule has 0 bridgehead atoms. The van der Waals surface area contributed by atoms with Gasteiger partial charge in [-0.25, -0.2) is 4.68 Å². The maximum atomic E-state index is 12.3. The molecule has 1 heterocycles. The highest BCUT2D eigenvalue weighted by Crippen LogP contribution is 2.30. The molecule has 182 valence electrons. The van der Waals surface area contributed by atoms with Crippen LogP contribution in [0.2, 0.25) is 0 Å². The molecule has 0 amide bonds. The summed E-state index contributed by atoms with van der Waals surface area (Å²) in [5.74, 6) is 0.148. The SMILES string of the molecule is CCN(CCCCCCn1nc(-c2cc(Br)ccc2O)ccc1=O)Cc1ccccc1N(C)C. The van der Waals surface area contributed by atoms with Gasteiger partial charge in [0.15, 0.2) is 0 Å². The summed E-state index contributed by atoms with van der Waals surface area (Å²) in [4.78, 5) is 16.9. The third kappa shape index (κ3) is 7.18. The van der Waals surface area contributed by atoms with E-state index < -0.39 is 0 Å². The second-order valence-corrected chi connectivity index (χ2v) is 9.66. The molecule has 0 saturated heterocycles. The minimum atomic E-state index is -0.116. The number of hydrogen-bond acceptors (Lipinski definition) is 5. The van der Waals surface area contributed by atoms with Gasteiger partial charge in [-0.2, -0.15) is 5.10 Å². The van der Waals surface area contributed by atoms with Crippen molar-refractivity contribution in [2.24, 2.45) is 0 Å². The van der Waals surface area contributed by atoms with Crippen LogP contribution in [0.25, 0.3) is 11.3 Å². The van der Waals surface area contributed by atoms with Crippen LogP contribution >= 0.6 is 15.9 Å². The molecular weight excluding hydrogens is 492 g/mol. The number of nitrogens with zero attached hydrogens (tertiary/aromatic N) is 4. The Hall–Kier alpha value is -2.64. The van der Waals surface area contributed by atoms with E-state index in [2.05, 4.69) is 76.1 Å². The highest BCUT2D eigenvalue weighted by molar-refractivity contribution is 9.10. The lowest BCUT2D eigenvalue weighted by molar-refractivity contribution is 0.272. The zero-order valence-electron chi connectivity index (χ0n) is 20.4. The quantitative estimate of drug-likeness (QED) is 0.314. The van der Waals surface area contributed by atoms with Gasteiger partial charge in [0.2, 0.25) is 0 Å². The third-order valence-electron chi connectivity index (χ3n) is 6.01. The van der Waals surface area contributed by atoms with Crippen molar-refractivity contribution < 1.29 is 5.11 Å². The predicted molar refractivity (Wildman–Crippen MR) is 143 cm³/mol. The van der Waals surface area contributed by atoms with Crippen LogP contribution in [0.5, 0.6) is 5.75 Å². The van der Waals surface area contributed by atoms with Crippen molar-refractivity contribution >= 4 is 21.6 Å². The molecule has 0 saturated carbocycles. The van der Waals surface area contributed by atoms with E-state index in [4.69, 9.17) is 0 Å². The number of aromatic nitrogens is 2. The molecule has 6 nitrogen and oxygen atoms in total. The molecule has 0 atom stereocenters. The second kappa shape index (κ2) is 12.7. The molecule has 7 heteroatoms. The molecule has 0 radical (unpaired) electrons. The Morgan fingerprint density at radius 2 is 1.76 bits per heavy atom. The van der Waals surface area contributed by atoms with Crippen LogP contribution in [0.4, 0.5) is 5.69 Å². The van der Waals surface area contributed by atoms with E-state index in [1.807, 2.05) is 6.07 Å². The first-order valence-corrected chi connectivity index (χ1v) is 12.7. The van der Waals surface area contributed by atoms with Crippen LogP contribution in [-0.2, 0) is 13.1 Å². The van der Waals surface area contributed by atoms with Crippen molar-refractivity contribution in [3.05, 3.63) is 75.0 Å². The number of aryl methyl sites for hydroxylation is 1. The second-order valence-electron chi connectivity index (χ2n) is 8.75. The Kier molecular flexibility index (Phi) is 9.72. The van der Waals surface area contributed by atoms with Gasteiger partial charge in [0.25, 0.3) is 5.56 Å². The fourth-order valence-corrected chi connectivity index (χ4v) is 4.45. The normalized spacial score (nSPS) is 11.2. The molecule has 0 spiro atoms. The Labute approximate surface area is 211 Å². The monoisotopic (exact) mass is 526 g/mol. The van der Waals surface area contributed by atoms with E-state index in [1.165, 1.54) is 22.0 Å². The van der Waals surface area contributed by atoms with Gasteiger partial charge < -0.3 is 10.0 Å². The number of anilines is 1. The summed E-state index contributed by atoms with van der Waals surface area (Å²) in [5, 5.41) is 14.7. The van der Waals surface area contributed by atoms with Gasteiger partial charge in [-0.15, -0.1) is 0 Å². The van der Waals surface area contributed by atoms with Gasteiger partial charge in [0.05, 0.1) is 5.69 Å². The number of rotatable bonds is 12. The molecule has 0 aliphatic rings. The minimum Gasteiger partial charge on any atom is -0.507 e. The molecular formula is C27H35BrN4O2. The summed E-state index contributed by atoms with van der Waals surface area (Å²) in [6.07, 6.45) is 4.20. The number of halogens is 1. The maximum Gasteiger partial charge on any atom is 0.266 e. The Balaban J connectivity index is 1.48. The highest BCUT2D eigenvalue weighted by Gasteiger charge is 2.10. The van der Waals surface area contributed by atoms with E-state index in [9.17, 15) is 9.90 Å². The van der Waals surface area contributed by atoms with Crippen molar-refractivity contribution in [1.29, 1.82) is 0 Å². The molecule has 3 aromatic rings. The van der Waals surface area contributed by atoms with Crippen molar-refractivity contribution in [3.63, 3.8) is 0 Å². The minimum absolute atomic E-state index is 0.116. The van der Waals surface area contributed by atoms with Gasteiger partial charge in [0, 0.05) is 49.0 Å². The predicted octanol–water partition coefficient (Wildman–Crippen LogP) is 5.53. The molecule has 0 aliphatic heterocycles. The fraction of sp³-hybridized carbons (Fsp3) is 0.407. The lowest BCUT2D eigenvalue weighted by Crippen LogP contribution is -2.25. The Bertz CT molecular complexity index is 1130. The zero-order valence-corrected chi connectivity index (χ0v) is 22.0. The molecule has 1 N–H and O–H groups in total. The molecule has 0 aliphatic carbocycles. The first-order chi connectivity index (χ1) is 16.4. The molecule has 3 rings (SSSR count). The fourth-order valence-electron chi connectivity index (χ4n) is 4.09. The smallest absolute Gasteiger partial charge is 0.266 e. The molecule has 0 unspecified atom stereocenters. The van der Waals surface area contributed by atoms with Crippen LogP contribution in [0.1, 0.15) is 38.2 Å². The van der Waals surface area contributed by atoms with Crippen molar-refractivity contribution in [2.75, 3.05) is 32.1 Å². The molecule has 1 aromatic heterocycles. The maximum absolute atomic E-state index is 12.3. The van der Waals surface area contributed by atoms with Gasteiger partial charge in [-0.1, -0.05) is 53.9 Å². The van der Waals surface area contributed by atoms with Gasteiger partial charge >= 0.3 is 0 Å². The standard InChI is InChI=1S/C27H35BrN4O2/c1-4-31(20-21-11-7-8-12-25(21)30(2)3)17-9-5-6-10-18-32-27(34)16-14-24(29-32)23-19-22(28)13-15-26(23)33/h7-8,11-16,19,33H,4-6,9-10,17-18,20H2,1-3H3. The van der Waals surface area contributed by atoms with Crippen molar-refractivity contribution in [1.82, 2.24) is 14.7 Å². The van der Waals surface area contributed by atoms with Crippen LogP contribution in [0.3, 0.4) is 0 Å². The molecule has 34 heavy (non-hydrogen) atoms. The number of aromatic hydroxyl groups is 1.